The van der Waals surface area contributed by atoms with Gasteiger partial charge in [-0.15, -0.1) is 0 Å². The summed E-state index contributed by atoms with van der Waals surface area (Å²) < 4.78 is 14.0. The molecule has 0 saturated heterocycles. The lowest BCUT2D eigenvalue weighted by molar-refractivity contribution is 0.0606. The average molecular weight is 263 g/mol. The molecule has 0 saturated carbocycles. The van der Waals surface area contributed by atoms with E-state index in [1.165, 1.54) is 7.11 Å². The summed E-state index contributed by atoms with van der Waals surface area (Å²) in [5.74, 6) is 0.487. The fourth-order valence-corrected chi connectivity index (χ4v) is 2.22. The highest BCUT2D eigenvalue weighted by Crippen LogP contribution is 2.17. The van der Waals surface area contributed by atoms with Gasteiger partial charge in [0.2, 0.25) is 0 Å². The van der Waals surface area contributed by atoms with Crippen LogP contribution in [0.2, 0.25) is 0 Å². The van der Waals surface area contributed by atoms with E-state index in [0.717, 1.165) is 28.5 Å². The van der Waals surface area contributed by atoms with Crippen molar-refractivity contribution in [3.8, 4) is 5.75 Å². The van der Waals surface area contributed by atoms with E-state index >= 15 is 0 Å². The summed E-state index contributed by atoms with van der Waals surface area (Å²) >= 11 is 1.16. The largest absolute Gasteiger partial charge is 0.497 e. The molecule has 0 amide bonds. The number of hydrogen-bond acceptors (Lipinski definition) is 5. The molecule has 0 radical (unpaired) electrons. The molecule has 0 spiro atoms. The van der Waals surface area contributed by atoms with Gasteiger partial charge < -0.3 is 9.47 Å². The molecule has 2 rings (SSSR count). The molecule has 0 bridgehead atoms. The van der Waals surface area contributed by atoms with Crippen molar-refractivity contribution in [2.75, 3.05) is 14.2 Å². The SMILES string of the molecule is COC(=O)c1cc(Cc2ccc(OC)cc2)ns1. The number of hydrogen-bond donors (Lipinski definition) is 0. The van der Waals surface area contributed by atoms with Crippen molar-refractivity contribution >= 4 is 17.5 Å². The molecule has 4 nitrogen and oxygen atoms in total. The lowest BCUT2D eigenvalue weighted by Crippen LogP contribution is -1.97. The lowest BCUT2D eigenvalue weighted by Gasteiger charge is -2.01. The Morgan fingerprint density at radius 1 is 1.28 bits per heavy atom. The molecule has 0 aliphatic rings. The summed E-state index contributed by atoms with van der Waals surface area (Å²) in [6.07, 6.45) is 0.692. The minimum atomic E-state index is -0.339. The van der Waals surface area contributed by atoms with Crippen LogP contribution < -0.4 is 4.74 Å². The Balaban J connectivity index is 2.08. The maximum Gasteiger partial charge on any atom is 0.349 e. The molecule has 2 aromatic rings. The number of aromatic nitrogens is 1. The maximum atomic E-state index is 11.3. The van der Waals surface area contributed by atoms with E-state index in [2.05, 4.69) is 9.11 Å². The van der Waals surface area contributed by atoms with Crippen LogP contribution in [-0.4, -0.2) is 24.6 Å². The van der Waals surface area contributed by atoms with Gasteiger partial charge in [-0.05, 0) is 35.3 Å². The zero-order valence-corrected chi connectivity index (χ0v) is 11.0. The van der Waals surface area contributed by atoms with Crippen LogP contribution in [0.5, 0.6) is 5.75 Å². The molecule has 1 heterocycles. The second kappa shape index (κ2) is 5.64. The number of benzene rings is 1. The molecule has 18 heavy (non-hydrogen) atoms. The molecule has 0 aliphatic carbocycles. The summed E-state index contributed by atoms with van der Waals surface area (Å²) in [5.41, 5.74) is 1.99. The Morgan fingerprint density at radius 2 is 2.00 bits per heavy atom. The zero-order valence-electron chi connectivity index (χ0n) is 10.2. The van der Waals surface area contributed by atoms with Crippen LogP contribution in [0.15, 0.2) is 30.3 Å². The monoisotopic (exact) mass is 263 g/mol. The molecule has 0 N–H and O–H groups in total. The first-order valence-corrected chi connectivity index (χ1v) is 6.17. The molecule has 0 unspecified atom stereocenters. The van der Waals surface area contributed by atoms with Crippen LogP contribution in [0.1, 0.15) is 20.9 Å². The third kappa shape index (κ3) is 2.87. The number of methoxy groups -OCH3 is 2. The van der Waals surface area contributed by atoms with Gasteiger partial charge in [-0.2, -0.15) is 4.37 Å². The van der Waals surface area contributed by atoms with Crippen LogP contribution >= 0.6 is 11.5 Å². The Hall–Kier alpha value is -1.88. The number of esters is 1. The summed E-state index contributed by atoms with van der Waals surface area (Å²) in [5, 5.41) is 0. The fraction of sp³-hybridized carbons (Fsp3) is 0.231. The summed E-state index contributed by atoms with van der Waals surface area (Å²) in [6.45, 7) is 0. The van der Waals surface area contributed by atoms with E-state index < -0.39 is 0 Å². The van der Waals surface area contributed by atoms with Gasteiger partial charge in [-0.3, -0.25) is 0 Å². The van der Waals surface area contributed by atoms with Crippen molar-refractivity contribution in [2.24, 2.45) is 0 Å². The third-order valence-corrected chi connectivity index (χ3v) is 3.30. The van der Waals surface area contributed by atoms with Crippen molar-refractivity contribution in [1.82, 2.24) is 4.37 Å². The third-order valence-electron chi connectivity index (χ3n) is 2.49. The zero-order chi connectivity index (χ0) is 13.0. The van der Waals surface area contributed by atoms with Gasteiger partial charge in [0.1, 0.15) is 10.6 Å². The van der Waals surface area contributed by atoms with Crippen LogP contribution in [-0.2, 0) is 11.2 Å². The van der Waals surface area contributed by atoms with Crippen molar-refractivity contribution in [1.29, 1.82) is 0 Å². The molecule has 1 aromatic heterocycles. The highest BCUT2D eigenvalue weighted by atomic mass is 32.1. The second-order valence-corrected chi connectivity index (χ2v) is 4.50. The van der Waals surface area contributed by atoms with Crippen molar-refractivity contribution in [2.45, 2.75) is 6.42 Å². The van der Waals surface area contributed by atoms with Crippen LogP contribution in [0.4, 0.5) is 0 Å². The van der Waals surface area contributed by atoms with Gasteiger partial charge in [-0.1, -0.05) is 12.1 Å². The smallest absolute Gasteiger partial charge is 0.349 e. The Kier molecular flexibility index (Phi) is 3.94. The topological polar surface area (TPSA) is 48.4 Å². The highest BCUT2D eigenvalue weighted by Gasteiger charge is 2.10. The average Bonchev–Trinajstić information content (AvgIpc) is 2.87. The first kappa shape index (κ1) is 12.6. The molecule has 5 heteroatoms. The number of nitrogens with zero attached hydrogens (tertiary/aromatic N) is 1. The molecular formula is C13H13NO3S. The quantitative estimate of drug-likeness (QED) is 0.795. The highest BCUT2D eigenvalue weighted by molar-refractivity contribution is 7.08. The first-order valence-electron chi connectivity index (χ1n) is 5.39. The van der Waals surface area contributed by atoms with Gasteiger partial charge in [0, 0.05) is 6.42 Å². The summed E-state index contributed by atoms with van der Waals surface area (Å²) in [4.78, 5) is 11.8. The summed E-state index contributed by atoms with van der Waals surface area (Å²) in [7, 11) is 3.00. The Morgan fingerprint density at radius 3 is 2.61 bits per heavy atom. The molecule has 0 aliphatic heterocycles. The number of carbonyl (C=O) groups excluding carboxylic acids is 1. The summed E-state index contributed by atoms with van der Waals surface area (Å²) in [6, 6.07) is 9.54. The van der Waals surface area contributed by atoms with Crippen LogP contribution in [0, 0.1) is 0 Å². The fourth-order valence-electron chi connectivity index (χ4n) is 1.54. The van der Waals surface area contributed by atoms with Gasteiger partial charge in [-0.25, -0.2) is 4.79 Å². The van der Waals surface area contributed by atoms with E-state index in [0.29, 0.717) is 11.3 Å². The minimum absolute atomic E-state index is 0.339. The van der Waals surface area contributed by atoms with Crippen molar-refractivity contribution < 1.29 is 14.3 Å². The van der Waals surface area contributed by atoms with E-state index in [4.69, 9.17) is 4.74 Å². The normalized spacial score (nSPS) is 10.1. The van der Waals surface area contributed by atoms with Crippen molar-refractivity contribution in [3.05, 3.63) is 46.5 Å². The molecule has 0 fully saturated rings. The molecule has 0 atom stereocenters. The standard InChI is InChI=1S/C13H13NO3S/c1-16-11-5-3-9(4-6-11)7-10-8-12(18-14-10)13(15)17-2/h3-6,8H,7H2,1-2H3. The van der Waals surface area contributed by atoms with Crippen LogP contribution in [0.3, 0.4) is 0 Å². The number of carbonyl (C=O) groups is 1. The van der Waals surface area contributed by atoms with Crippen LogP contribution in [0.25, 0.3) is 0 Å². The van der Waals surface area contributed by atoms with Gasteiger partial charge in [0.25, 0.3) is 0 Å². The van der Waals surface area contributed by atoms with E-state index in [-0.39, 0.29) is 5.97 Å². The predicted octanol–water partition coefficient (Wildman–Crippen LogP) is 2.53. The lowest BCUT2D eigenvalue weighted by atomic mass is 10.1. The molecular weight excluding hydrogens is 250 g/mol. The minimum Gasteiger partial charge on any atom is -0.497 e. The van der Waals surface area contributed by atoms with Gasteiger partial charge >= 0.3 is 5.97 Å². The van der Waals surface area contributed by atoms with E-state index in [1.54, 1.807) is 13.2 Å². The Labute approximate surface area is 109 Å². The number of rotatable bonds is 4. The number of ether oxygens (including phenoxy) is 2. The molecule has 1 aromatic carbocycles. The van der Waals surface area contributed by atoms with Gasteiger partial charge in [0.15, 0.2) is 0 Å². The maximum absolute atomic E-state index is 11.3. The molecule has 94 valence electrons. The first-order chi connectivity index (χ1) is 8.72. The second-order valence-electron chi connectivity index (χ2n) is 3.70. The van der Waals surface area contributed by atoms with E-state index in [1.807, 2.05) is 24.3 Å². The van der Waals surface area contributed by atoms with Crippen molar-refractivity contribution in [3.63, 3.8) is 0 Å². The van der Waals surface area contributed by atoms with Gasteiger partial charge in [0.05, 0.1) is 19.9 Å². The predicted molar refractivity (Wildman–Crippen MR) is 69.3 cm³/mol. The van der Waals surface area contributed by atoms with E-state index in [9.17, 15) is 4.79 Å². The Bertz CT molecular complexity index is 533.